The van der Waals surface area contributed by atoms with Gasteiger partial charge in [-0.3, -0.25) is 9.10 Å². The van der Waals surface area contributed by atoms with E-state index in [-0.39, 0.29) is 29.2 Å². The number of carbonyl (C=O) groups excluding carboxylic acids is 1. The first-order chi connectivity index (χ1) is 17.9. The van der Waals surface area contributed by atoms with Crippen LogP contribution in [0.1, 0.15) is 48.2 Å². The summed E-state index contributed by atoms with van der Waals surface area (Å²) in [6.07, 6.45) is 1.57. The summed E-state index contributed by atoms with van der Waals surface area (Å²) in [7, 11) is -5.82. The van der Waals surface area contributed by atoms with Gasteiger partial charge in [0, 0.05) is 29.6 Å². The number of sulfonamides is 1. The second-order valence-corrected chi connectivity index (χ2v) is 14.1. The van der Waals surface area contributed by atoms with Crippen LogP contribution in [0.5, 0.6) is 0 Å². The highest BCUT2D eigenvalue weighted by Gasteiger charge is 2.38. The molecule has 2 aliphatic rings. The summed E-state index contributed by atoms with van der Waals surface area (Å²) in [5, 5.41) is 2.60. The molecule has 9 nitrogen and oxygen atoms in total. The molecule has 1 N–H and O–H groups in total. The minimum atomic E-state index is -3.84. The predicted molar refractivity (Wildman–Crippen MR) is 142 cm³/mol. The quantitative estimate of drug-likeness (QED) is 0.483. The Morgan fingerprint density at radius 1 is 1.13 bits per heavy atom. The molecule has 38 heavy (non-hydrogen) atoms. The van der Waals surface area contributed by atoms with Crippen LogP contribution in [0.3, 0.4) is 0 Å². The number of hydrogen-bond donors (Lipinski definition) is 1. The van der Waals surface area contributed by atoms with Gasteiger partial charge in [0.05, 0.1) is 47.3 Å². The molecule has 1 aromatic heterocycles. The third-order valence-electron chi connectivity index (χ3n) is 7.25. The van der Waals surface area contributed by atoms with Gasteiger partial charge in [-0.2, -0.15) is 0 Å². The monoisotopic (exact) mass is 564 g/mol. The first kappa shape index (κ1) is 26.6. The van der Waals surface area contributed by atoms with Gasteiger partial charge in [0.1, 0.15) is 17.2 Å². The van der Waals surface area contributed by atoms with E-state index < -0.39 is 49.0 Å². The van der Waals surface area contributed by atoms with Crippen LogP contribution in [0.25, 0.3) is 22.3 Å². The molecule has 2 heterocycles. The second-order valence-electron chi connectivity index (χ2n) is 9.88. The lowest BCUT2D eigenvalue weighted by atomic mass is 10.00. The zero-order valence-electron chi connectivity index (χ0n) is 21.2. The summed E-state index contributed by atoms with van der Waals surface area (Å²) >= 11 is 0. The average Bonchev–Trinajstić information content (AvgIpc) is 3.10. The van der Waals surface area contributed by atoms with Crippen molar-refractivity contribution in [3.63, 3.8) is 0 Å². The lowest BCUT2D eigenvalue weighted by Crippen LogP contribution is -2.42. The van der Waals surface area contributed by atoms with Crippen LogP contribution in [0.2, 0.25) is 0 Å². The Bertz CT molecular complexity index is 1610. The van der Waals surface area contributed by atoms with Crippen LogP contribution < -0.4 is 9.62 Å². The predicted octanol–water partition coefficient (Wildman–Crippen LogP) is 3.79. The molecule has 1 aliphatic heterocycles. The van der Waals surface area contributed by atoms with E-state index in [1.54, 1.807) is 13.0 Å². The highest BCUT2D eigenvalue weighted by Crippen LogP contribution is 2.42. The number of anilines is 1. The summed E-state index contributed by atoms with van der Waals surface area (Å²) in [5.74, 6) is -0.948. The molecule has 0 bridgehead atoms. The summed E-state index contributed by atoms with van der Waals surface area (Å²) in [5.41, 5.74) is 1.70. The number of carbonyl (C=O) groups is 1. The Kier molecular flexibility index (Phi) is 6.77. The highest BCUT2D eigenvalue weighted by atomic mass is 32.2. The largest absolute Gasteiger partial charge is 0.455 e. The fourth-order valence-corrected chi connectivity index (χ4v) is 8.04. The standard InChI is InChI=1S/C26H29FN2O7S2/c1-15-20-11-21-23(36-25(24(21)26(30)28-2)16-7-9-17(27)10-8-16)12-22(20)29(37(3,31)32)13-18(35-15)14-38(33,34)19-5-4-6-19/h7-12,15,18-19H,4-6,13-14H2,1-3H3,(H,28,30)/t15-,18-/m0/s1. The number of furan rings is 1. The van der Waals surface area contributed by atoms with E-state index in [2.05, 4.69) is 5.32 Å². The van der Waals surface area contributed by atoms with Crippen molar-refractivity contribution in [2.24, 2.45) is 0 Å². The molecule has 1 amide bonds. The Hall–Kier alpha value is -2.96. The minimum absolute atomic E-state index is 0.179. The third kappa shape index (κ3) is 4.80. The van der Waals surface area contributed by atoms with Gasteiger partial charge in [-0.15, -0.1) is 0 Å². The van der Waals surface area contributed by atoms with Gasteiger partial charge < -0.3 is 14.5 Å². The summed E-state index contributed by atoms with van der Waals surface area (Å²) < 4.78 is 78.5. The number of nitrogens with zero attached hydrogens (tertiary/aromatic N) is 1. The first-order valence-corrected chi connectivity index (χ1v) is 15.9. The van der Waals surface area contributed by atoms with Crippen LogP contribution >= 0.6 is 0 Å². The molecule has 0 radical (unpaired) electrons. The molecule has 2 atom stereocenters. The molecule has 3 aromatic rings. The summed E-state index contributed by atoms with van der Waals surface area (Å²) in [6.45, 7) is 1.54. The Morgan fingerprint density at radius 3 is 2.39 bits per heavy atom. The van der Waals surface area contributed by atoms with Gasteiger partial charge >= 0.3 is 0 Å². The van der Waals surface area contributed by atoms with Crippen LogP contribution in [-0.2, 0) is 24.6 Å². The van der Waals surface area contributed by atoms with Crippen molar-refractivity contribution in [1.82, 2.24) is 5.32 Å². The van der Waals surface area contributed by atoms with Gasteiger partial charge in [0.2, 0.25) is 10.0 Å². The number of nitrogens with one attached hydrogen (secondary N) is 1. The van der Waals surface area contributed by atoms with Crippen LogP contribution in [-0.4, -0.2) is 59.7 Å². The smallest absolute Gasteiger partial charge is 0.255 e. The first-order valence-electron chi connectivity index (χ1n) is 12.3. The van der Waals surface area contributed by atoms with E-state index >= 15 is 0 Å². The molecule has 0 unspecified atom stereocenters. The van der Waals surface area contributed by atoms with Crippen molar-refractivity contribution in [3.8, 4) is 11.3 Å². The number of amides is 1. The van der Waals surface area contributed by atoms with Crippen LogP contribution in [0, 0.1) is 5.82 Å². The van der Waals surface area contributed by atoms with Crippen LogP contribution in [0.15, 0.2) is 40.8 Å². The van der Waals surface area contributed by atoms with Crippen molar-refractivity contribution in [2.75, 3.05) is 29.9 Å². The summed E-state index contributed by atoms with van der Waals surface area (Å²) in [6, 6.07) is 8.68. The molecule has 0 saturated heterocycles. The van der Waals surface area contributed by atoms with E-state index in [0.717, 1.165) is 17.0 Å². The maximum atomic E-state index is 13.6. The van der Waals surface area contributed by atoms with Crippen molar-refractivity contribution in [2.45, 2.75) is 43.6 Å². The number of fused-ring (bicyclic) bond motifs is 2. The molecule has 0 spiro atoms. The van der Waals surface area contributed by atoms with Gasteiger partial charge in [-0.25, -0.2) is 21.2 Å². The second kappa shape index (κ2) is 9.65. The lowest BCUT2D eigenvalue weighted by Gasteiger charge is -2.29. The van der Waals surface area contributed by atoms with E-state index in [9.17, 15) is 26.0 Å². The number of rotatable bonds is 6. The van der Waals surface area contributed by atoms with Crippen molar-refractivity contribution in [1.29, 1.82) is 0 Å². The van der Waals surface area contributed by atoms with Crippen molar-refractivity contribution < 1.29 is 35.2 Å². The Morgan fingerprint density at radius 2 is 1.82 bits per heavy atom. The van der Waals surface area contributed by atoms with E-state index in [1.807, 2.05) is 0 Å². The maximum absolute atomic E-state index is 13.6. The minimum Gasteiger partial charge on any atom is -0.455 e. The highest BCUT2D eigenvalue weighted by molar-refractivity contribution is 7.92. The summed E-state index contributed by atoms with van der Waals surface area (Å²) in [4.78, 5) is 12.9. The number of benzene rings is 2. The van der Waals surface area contributed by atoms with E-state index in [4.69, 9.17) is 9.15 Å². The molecule has 1 saturated carbocycles. The fraction of sp³-hybridized carbons (Fsp3) is 0.423. The van der Waals surface area contributed by atoms with E-state index in [0.29, 0.717) is 35.0 Å². The zero-order chi connectivity index (χ0) is 27.4. The normalized spacial score (nSPS) is 20.6. The van der Waals surface area contributed by atoms with Crippen molar-refractivity contribution >= 4 is 42.4 Å². The number of halogens is 1. The van der Waals surface area contributed by atoms with Crippen molar-refractivity contribution in [3.05, 3.63) is 53.3 Å². The van der Waals surface area contributed by atoms with E-state index in [1.165, 1.54) is 37.4 Å². The Labute approximate surface area is 220 Å². The lowest BCUT2D eigenvalue weighted by molar-refractivity contribution is 0.0191. The molecule has 1 aliphatic carbocycles. The third-order valence-corrected chi connectivity index (χ3v) is 10.7. The maximum Gasteiger partial charge on any atom is 0.255 e. The topological polar surface area (TPSA) is 123 Å². The molecular formula is C26H29FN2O7S2. The number of sulfone groups is 1. The molecule has 204 valence electrons. The Balaban J connectivity index is 1.65. The molecule has 12 heteroatoms. The van der Waals surface area contributed by atoms with Crippen LogP contribution in [0.4, 0.5) is 10.1 Å². The SMILES string of the molecule is CNC(=O)c1c(-c2ccc(F)cc2)oc2cc3c(cc12)[C@H](C)O[C@H](CS(=O)(=O)C1CCC1)CN3S(C)(=O)=O. The number of ether oxygens (including phenoxy) is 1. The fourth-order valence-electron chi connectivity index (χ4n) is 5.06. The van der Waals surface area contributed by atoms with Gasteiger partial charge in [0.25, 0.3) is 5.91 Å². The van der Waals surface area contributed by atoms with Gasteiger partial charge in [-0.05, 0) is 50.1 Å². The number of hydrogen-bond acceptors (Lipinski definition) is 7. The molecular weight excluding hydrogens is 535 g/mol. The van der Waals surface area contributed by atoms with Gasteiger partial charge in [0.15, 0.2) is 9.84 Å². The zero-order valence-corrected chi connectivity index (χ0v) is 22.9. The molecule has 1 fully saturated rings. The average molecular weight is 565 g/mol. The molecule has 5 rings (SSSR count). The molecule has 2 aromatic carbocycles. The van der Waals surface area contributed by atoms with Gasteiger partial charge in [-0.1, -0.05) is 6.42 Å².